The first kappa shape index (κ1) is 25.2. The molecule has 0 radical (unpaired) electrons. The third kappa shape index (κ3) is 5.74. The first-order valence-electron chi connectivity index (χ1n) is 11.0. The van der Waals surface area contributed by atoms with Gasteiger partial charge in [0.1, 0.15) is 18.7 Å². The lowest BCUT2D eigenvalue weighted by Crippen LogP contribution is -2.40. The standard InChI is InChI=1S/C24H30N4O6/c1-23(2,3)18(29)17-15(33-19(30)14-10-8-7-9-11-14)12-16(34-17)28-13-25-21(27-22(28)32)26-20(31)24(4,5)6/h7-11,13,15-17H,12H2,1-6H3,(H,26,27,31,32)/t15-,16+,17-/m0/s1. The lowest BCUT2D eigenvalue weighted by molar-refractivity contribution is -0.143. The van der Waals surface area contributed by atoms with E-state index in [9.17, 15) is 19.2 Å². The maximum atomic E-state index is 13.0. The highest BCUT2D eigenvalue weighted by atomic mass is 16.6. The molecule has 1 N–H and O–H groups in total. The van der Waals surface area contributed by atoms with E-state index in [1.54, 1.807) is 71.9 Å². The molecular weight excluding hydrogens is 440 g/mol. The third-order valence-corrected chi connectivity index (χ3v) is 5.28. The van der Waals surface area contributed by atoms with Crippen LogP contribution in [0.1, 0.15) is 64.5 Å². The summed E-state index contributed by atoms with van der Waals surface area (Å²) < 4.78 is 12.7. The Bertz CT molecular complexity index is 1130. The number of nitrogens with one attached hydrogen (secondary N) is 1. The summed E-state index contributed by atoms with van der Waals surface area (Å²) in [7, 11) is 0. The second-order valence-corrected chi connectivity index (χ2v) is 10.2. The molecule has 0 saturated carbocycles. The number of esters is 1. The van der Waals surface area contributed by atoms with Crippen LogP contribution in [0.5, 0.6) is 0 Å². The van der Waals surface area contributed by atoms with Crippen molar-refractivity contribution in [2.24, 2.45) is 10.8 Å². The first-order chi connectivity index (χ1) is 15.8. The smallest absolute Gasteiger partial charge is 0.354 e. The van der Waals surface area contributed by atoms with Crippen LogP contribution >= 0.6 is 0 Å². The number of benzene rings is 1. The Labute approximate surface area is 197 Å². The second-order valence-electron chi connectivity index (χ2n) is 10.2. The van der Waals surface area contributed by atoms with Crippen molar-refractivity contribution in [2.45, 2.75) is 66.4 Å². The quantitative estimate of drug-likeness (QED) is 0.661. The summed E-state index contributed by atoms with van der Waals surface area (Å²) in [6.45, 7) is 10.4. The molecule has 1 amide bonds. The number of amides is 1. The zero-order valence-corrected chi connectivity index (χ0v) is 20.2. The van der Waals surface area contributed by atoms with E-state index < -0.39 is 40.9 Å². The Balaban J connectivity index is 1.84. The van der Waals surface area contributed by atoms with Crippen molar-refractivity contribution in [2.75, 3.05) is 5.32 Å². The van der Waals surface area contributed by atoms with Crippen LogP contribution < -0.4 is 11.0 Å². The highest BCUT2D eigenvalue weighted by Crippen LogP contribution is 2.34. The maximum Gasteiger partial charge on any atom is 0.354 e. The van der Waals surface area contributed by atoms with Gasteiger partial charge in [0.25, 0.3) is 0 Å². The van der Waals surface area contributed by atoms with Crippen LogP contribution in [-0.4, -0.2) is 44.4 Å². The van der Waals surface area contributed by atoms with E-state index in [0.717, 1.165) is 4.57 Å². The van der Waals surface area contributed by atoms with Crippen molar-refractivity contribution >= 4 is 23.6 Å². The van der Waals surface area contributed by atoms with Crippen molar-refractivity contribution in [3.63, 3.8) is 0 Å². The number of rotatable bonds is 5. The summed E-state index contributed by atoms with van der Waals surface area (Å²) in [5, 5.41) is 2.50. The van der Waals surface area contributed by atoms with Crippen LogP contribution in [0.2, 0.25) is 0 Å². The molecule has 0 unspecified atom stereocenters. The maximum absolute atomic E-state index is 13.0. The molecule has 3 atom stereocenters. The van der Waals surface area contributed by atoms with Crippen LogP contribution in [-0.2, 0) is 19.1 Å². The molecular formula is C24H30N4O6. The molecule has 0 aliphatic carbocycles. The monoisotopic (exact) mass is 470 g/mol. The molecule has 10 nitrogen and oxygen atoms in total. The van der Waals surface area contributed by atoms with Gasteiger partial charge in [-0.1, -0.05) is 59.7 Å². The van der Waals surface area contributed by atoms with Gasteiger partial charge < -0.3 is 9.47 Å². The predicted octanol–water partition coefficient (Wildman–Crippen LogP) is 2.75. The van der Waals surface area contributed by atoms with Crippen LogP contribution in [0.4, 0.5) is 5.95 Å². The van der Waals surface area contributed by atoms with Crippen molar-refractivity contribution in [1.82, 2.24) is 14.5 Å². The molecule has 1 aliphatic heterocycles. The Kier molecular flexibility index (Phi) is 7.02. The molecule has 1 saturated heterocycles. The Morgan fingerprint density at radius 3 is 2.26 bits per heavy atom. The van der Waals surface area contributed by atoms with Gasteiger partial charge in [-0.15, -0.1) is 0 Å². The molecule has 1 fully saturated rings. The molecule has 0 bridgehead atoms. The number of aromatic nitrogens is 3. The summed E-state index contributed by atoms with van der Waals surface area (Å²) in [5.41, 5.74) is -1.84. The zero-order chi connectivity index (χ0) is 25.3. The van der Waals surface area contributed by atoms with Crippen LogP contribution in [0, 0.1) is 10.8 Å². The number of ether oxygens (including phenoxy) is 2. The van der Waals surface area contributed by atoms with Gasteiger partial charge in [0.2, 0.25) is 11.9 Å². The van der Waals surface area contributed by atoms with E-state index in [-0.39, 0.29) is 24.1 Å². The van der Waals surface area contributed by atoms with Crippen LogP contribution in [0.15, 0.2) is 41.5 Å². The largest absolute Gasteiger partial charge is 0.455 e. The van der Waals surface area contributed by atoms with E-state index in [0.29, 0.717) is 5.56 Å². The van der Waals surface area contributed by atoms with Gasteiger partial charge in [-0.2, -0.15) is 4.98 Å². The van der Waals surface area contributed by atoms with Gasteiger partial charge in [0.05, 0.1) is 5.56 Å². The SMILES string of the molecule is CC(C)(C)C(=O)Nc1ncn([C@H]2C[C@H](OC(=O)c3ccccc3)[C@@H](C(=O)C(C)(C)C)O2)c(=O)n1. The van der Waals surface area contributed by atoms with Gasteiger partial charge in [-0.3, -0.25) is 19.5 Å². The number of nitrogens with zero attached hydrogens (tertiary/aromatic N) is 3. The number of Topliss-reactive ketones (excluding diaryl/α,β-unsaturated/α-hetero) is 1. The summed E-state index contributed by atoms with van der Waals surface area (Å²) in [6.07, 6.45) is -1.65. The summed E-state index contributed by atoms with van der Waals surface area (Å²) in [6, 6.07) is 8.41. The van der Waals surface area contributed by atoms with Crippen LogP contribution in [0.3, 0.4) is 0 Å². The minimum Gasteiger partial charge on any atom is -0.455 e. The lowest BCUT2D eigenvalue weighted by Gasteiger charge is -2.25. The van der Waals surface area contributed by atoms with Gasteiger partial charge in [-0.05, 0) is 12.1 Å². The van der Waals surface area contributed by atoms with Gasteiger partial charge in [0.15, 0.2) is 11.9 Å². The topological polar surface area (TPSA) is 129 Å². The van der Waals surface area contributed by atoms with E-state index in [1.165, 1.54) is 6.33 Å². The fraction of sp³-hybridized carbons (Fsp3) is 0.500. The first-order valence-corrected chi connectivity index (χ1v) is 11.0. The van der Waals surface area contributed by atoms with E-state index in [2.05, 4.69) is 15.3 Å². The molecule has 1 aliphatic rings. The lowest BCUT2D eigenvalue weighted by atomic mass is 9.86. The molecule has 0 spiro atoms. The average Bonchev–Trinajstić information content (AvgIpc) is 3.15. The summed E-state index contributed by atoms with van der Waals surface area (Å²) in [5.74, 6) is -1.33. The molecule has 2 aromatic rings. The number of carbonyl (C=O) groups excluding carboxylic acids is 3. The Hall–Kier alpha value is -3.40. The Morgan fingerprint density at radius 1 is 1.06 bits per heavy atom. The third-order valence-electron chi connectivity index (χ3n) is 5.28. The molecule has 2 heterocycles. The van der Waals surface area contributed by atoms with Crippen LogP contribution in [0.25, 0.3) is 0 Å². The minimum absolute atomic E-state index is 0.0576. The summed E-state index contributed by atoms with van der Waals surface area (Å²) in [4.78, 5) is 58.4. The molecule has 1 aromatic carbocycles. The fourth-order valence-corrected chi connectivity index (χ4v) is 3.25. The predicted molar refractivity (Wildman–Crippen MR) is 123 cm³/mol. The van der Waals surface area contributed by atoms with Crippen molar-refractivity contribution in [1.29, 1.82) is 0 Å². The normalized spacial score (nSPS) is 20.6. The molecule has 3 rings (SSSR count). The van der Waals surface area contributed by atoms with E-state index >= 15 is 0 Å². The molecule has 182 valence electrons. The van der Waals surface area contributed by atoms with Crippen molar-refractivity contribution in [3.05, 3.63) is 52.7 Å². The molecule has 34 heavy (non-hydrogen) atoms. The molecule has 10 heteroatoms. The summed E-state index contributed by atoms with van der Waals surface area (Å²) >= 11 is 0. The Morgan fingerprint density at radius 2 is 1.71 bits per heavy atom. The molecule has 1 aromatic heterocycles. The van der Waals surface area contributed by atoms with Gasteiger partial charge in [-0.25, -0.2) is 14.6 Å². The number of anilines is 1. The average molecular weight is 471 g/mol. The highest BCUT2D eigenvalue weighted by molar-refractivity contribution is 5.93. The van der Waals surface area contributed by atoms with Crippen molar-refractivity contribution in [3.8, 4) is 0 Å². The van der Waals surface area contributed by atoms with E-state index in [4.69, 9.17) is 9.47 Å². The number of hydrogen-bond donors (Lipinski definition) is 1. The number of carbonyl (C=O) groups is 3. The van der Waals surface area contributed by atoms with Gasteiger partial charge >= 0.3 is 11.7 Å². The fourth-order valence-electron chi connectivity index (χ4n) is 3.25. The highest BCUT2D eigenvalue weighted by Gasteiger charge is 2.46. The second kappa shape index (κ2) is 9.46. The minimum atomic E-state index is -1.06. The zero-order valence-electron chi connectivity index (χ0n) is 20.2. The number of ketones is 1. The number of hydrogen-bond acceptors (Lipinski definition) is 8. The van der Waals surface area contributed by atoms with E-state index in [1.807, 2.05) is 0 Å². The van der Waals surface area contributed by atoms with Crippen molar-refractivity contribution < 1.29 is 23.9 Å². The van der Waals surface area contributed by atoms with Gasteiger partial charge in [0, 0.05) is 17.3 Å².